The third-order valence-electron chi connectivity index (χ3n) is 3.47. The second-order valence-electron chi connectivity index (χ2n) is 5.30. The Balaban J connectivity index is 1.89. The molecule has 0 bridgehead atoms. The summed E-state index contributed by atoms with van der Waals surface area (Å²) >= 11 is 0. The number of aryl methyl sites for hydroxylation is 1. The summed E-state index contributed by atoms with van der Waals surface area (Å²) in [6.07, 6.45) is -2.79. The molecule has 1 aliphatic heterocycles. The van der Waals surface area contributed by atoms with E-state index in [9.17, 15) is 13.2 Å². The lowest BCUT2D eigenvalue weighted by Gasteiger charge is -2.31. The molecule has 116 valence electrons. The first kappa shape index (κ1) is 16.0. The Morgan fingerprint density at radius 2 is 2.05 bits per heavy atom. The van der Waals surface area contributed by atoms with Gasteiger partial charge in [-0.3, -0.25) is 14.6 Å². The van der Waals surface area contributed by atoms with Gasteiger partial charge in [0.05, 0.1) is 17.5 Å². The fraction of sp³-hybridized carbons (Fsp3) is 0.533. The van der Waals surface area contributed by atoms with Crippen LogP contribution in [0.1, 0.15) is 29.8 Å². The van der Waals surface area contributed by atoms with Crippen LogP contribution in [0.25, 0.3) is 6.08 Å². The van der Waals surface area contributed by atoms with Gasteiger partial charge in [-0.1, -0.05) is 6.58 Å². The predicted molar refractivity (Wildman–Crippen MR) is 74.5 cm³/mol. The van der Waals surface area contributed by atoms with E-state index in [-0.39, 0.29) is 0 Å². The number of likely N-dealkylation sites (tertiary alicyclic amines) is 1. The van der Waals surface area contributed by atoms with Crippen LogP contribution in [0.5, 0.6) is 0 Å². The smallest absolute Gasteiger partial charge is 0.297 e. The molecule has 21 heavy (non-hydrogen) atoms. The van der Waals surface area contributed by atoms with Crippen LogP contribution in [-0.2, 0) is 11.3 Å². The van der Waals surface area contributed by atoms with Crippen molar-refractivity contribution in [2.75, 3.05) is 13.1 Å². The molecule has 0 amide bonds. The quantitative estimate of drug-likeness (QED) is 0.850. The Kier molecular flexibility index (Phi) is 5.00. The van der Waals surface area contributed by atoms with Crippen molar-refractivity contribution in [3.05, 3.63) is 35.7 Å². The Morgan fingerprint density at radius 1 is 1.38 bits per heavy atom. The van der Waals surface area contributed by atoms with Gasteiger partial charge in [-0.05, 0) is 43.5 Å². The lowest BCUT2D eigenvalue weighted by molar-refractivity contribution is -0.345. The summed E-state index contributed by atoms with van der Waals surface area (Å²) in [6, 6.07) is 3.94. The zero-order valence-corrected chi connectivity index (χ0v) is 12.0. The van der Waals surface area contributed by atoms with E-state index in [0.29, 0.717) is 32.5 Å². The number of hydrogen-bond donors (Lipinski definition) is 0. The third kappa shape index (κ3) is 5.13. The second-order valence-corrected chi connectivity index (χ2v) is 5.30. The highest BCUT2D eigenvalue weighted by Crippen LogP contribution is 2.25. The Morgan fingerprint density at radius 3 is 2.62 bits per heavy atom. The number of alkyl halides is 3. The number of hydrogen-bond acceptors (Lipinski definition) is 3. The topological polar surface area (TPSA) is 25.4 Å². The van der Waals surface area contributed by atoms with E-state index >= 15 is 0 Å². The van der Waals surface area contributed by atoms with Crippen LogP contribution in [0.2, 0.25) is 0 Å². The third-order valence-corrected chi connectivity index (χ3v) is 3.47. The summed E-state index contributed by atoms with van der Waals surface area (Å²) in [5.74, 6) is 0. The highest BCUT2D eigenvalue weighted by Gasteiger charge is 2.34. The summed E-state index contributed by atoms with van der Waals surface area (Å²) < 4.78 is 40.5. The van der Waals surface area contributed by atoms with Crippen LogP contribution in [-0.4, -0.2) is 35.4 Å². The van der Waals surface area contributed by atoms with Gasteiger partial charge in [0.2, 0.25) is 0 Å². The first-order valence-electron chi connectivity index (χ1n) is 6.92. The number of pyridine rings is 1. The monoisotopic (exact) mass is 300 g/mol. The number of halogens is 3. The average molecular weight is 300 g/mol. The number of rotatable bonds is 4. The van der Waals surface area contributed by atoms with Crippen molar-refractivity contribution >= 4 is 6.08 Å². The molecule has 0 aliphatic carbocycles. The zero-order chi connectivity index (χ0) is 15.5. The van der Waals surface area contributed by atoms with Gasteiger partial charge in [0.25, 0.3) is 0 Å². The van der Waals surface area contributed by atoms with Crippen molar-refractivity contribution in [2.45, 2.75) is 38.8 Å². The van der Waals surface area contributed by atoms with Crippen molar-refractivity contribution in [3.8, 4) is 0 Å². The van der Waals surface area contributed by atoms with Crippen LogP contribution in [0.4, 0.5) is 13.2 Å². The zero-order valence-electron chi connectivity index (χ0n) is 12.0. The molecule has 0 atom stereocenters. The van der Waals surface area contributed by atoms with Gasteiger partial charge >= 0.3 is 6.36 Å². The molecule has 2 rings (SSSR count). The fourth-order valence-corrected chi connectivity index (χ4v) is 2.56. The molecule has 0 radical (unpaired) electrons. The maximum atomic E-state index is 12.2. The number of nitrogens with zero attached hydrogens (tertiary/aromatic N) is 2. The minimum absolute atomic E-state index is 0.389. The van der Waals surface area contributed by atoms with E-state index in [0.717, 1.165) is 17.0 Å². The SMILES string of the molecule is C=Cc1cc(C)cc(CN2CCC(OC(F)(F)F)CC2)n1. The molecular formula is C15H19F3N2O. The van der Waals surface area contributed by atoms with Gasteiger partial charge in [-0.25, -0.2) is 0 Å². The summed E-state index contributed by atoms with van der Waals surface area (Å²) in [5, 5.41) is 0. The van der Waals surface area contributed by atoms with Crippen molar-refractivity contribution in [2.24, 2.45) is 0 Å². The molecule has 1 aliphatic rings. The van der Waals surface area contributed by atoms with E-state index in [1.165, 1.54) is 0 Å². The molecule has 0 N–H and O–H groups in total. The fourth-order valence-electron chi connectivity index (χ4n) is 2.56. The minimum Gasteiger partial charge on any atom is -0.297 e. The molecule has 2 heterocycles. The summed E-state index contributed by atoms with van der Waals surface area (Å²) in [7, 11) is 0. The Bertz CT molecular complexity index is 494. The molecule has 0 aromatic carbocycles. The molecule has 1 aromatic heterocycles. The maximum absolute atomic E-state index is 12.2. The lowest BCUT2D eigenvalue weighted by Crippen LogP contribution is -2.38. The molecule has 1 saturated heterocycles. The van der Waals surface area contributed by atoms with E-state index < -0.39 is 12.5 Å². The maximum Gasteiger partial charge on any atom is 0.522 e. The highest BCUT2D eigenvalue weighted by molar-refractivity contribution is 5.43. The van der Waals surface area contributed by atoms with E-state index in [1.54, 1.807) is 6.08 Å². The molecule has 1 aromatic rings. The Labute approximate surface area is 122 Å². The molecule has 0 spiro atoms. The van der Waals surface area contributed by atoms with Crippen LogP contribution in [0.3, 0.4) is 0 Å². The molecule has 0 saturated carbocycles. The normalized spacial score (nSPS) is 17.9. The largest absolute Gasteiger partial charge is 0.522 e. The van der Waals surface area contributed by atoms with Gasteiger partial charge in [0.1, 0.15) is 0 Å². The van der Waals surface area contributed by atoms with Crippen LogP contribution in [0.15, 0.2) is 18.7 Å². The van der Waals surface area contributed by atoms with Crippen molar-refractivity contribution in [1.82, 2.24) is 9.88 Å². The summed E-state index contributed by atoms with van der Waals surface area (Å²) in [4.78, 5) is 6.56. The standard InChI is InChI=1S/C15H19F3N2O/c1-3-12-8-11(2)9-13(19-12)10-20-6-4-14(5-7-20)21-15(16,17)18/h3,8-9,14H,1,4-7,10H2,2H3. The van der Waals surface area contributed by atoms with Crippen LogP contribution >= 0.6 is 0 Å². The van der Waals surface area contributed by atoms with E-state index in [4.69, 9.17) is 0 Å². The first-order valence-corrected chi connectivity index (χ1v) is 6.92. The molecule has 1 fully saturated rings. The minimum atomic E-state index is -4.54. The van der Waals surface area contributed by atoms with Crippen molar-refractivity contribution in [1.29, 1.82) is 0 Å². The van der Waals surface area contributed by atoms with Gasteiger partial charge in [-0.2, -0.15) is 0 Å². The molecular weight excluding hydrogens is 281 g/mol. The van der Waals surface area contributed by atoms with Gasteiger partial charge in [0, 0.05) is 19.6 Å². The van der Waals surface area contributed by atoms with Gasteiger partial charge in [-0.15, -0.1) is 13.2 Å². The van der Waals surface area contributed by atoms with Crippen molar-refractivity contribution < 1.29 is 17.9 Å². The van der Waals surface area contributed by atoms with E-state index in [1.807, 2.05) is 19.1 Å². The average Bonchev–Trinajstić information content (AvgIpc) is 2.38. The Hall–Kier alpha value is -1.40. The number of ether oxygens (including phenoxy) is 1. The molecule has 3 nitrogen and oxygen atoms in total. The summed E-state index contributed by atoms with van der Waals surface area (Å²) in [6.45, 7) is 7.50. The van der Waals surface area contributed by atoms with E-state index in [2.05, 4.69) is 21.2 Å². The number of aromatic nitrogens is 1. The van der Waals surface area contributed by atoms with Gasteiger partial charge in [0.15, 0.2) is 0 Å². The van der Waals surface area contributed by atoms with Crippen LogP contribution < -0.4 is 0 Å². The van der Waals surface area contributed by atoms with Crippen molar-refractivity contribution in [3.63, 3.8) is 0 Å². The second kappa shape index (κ2) is 6.58. The summed E-state index contributed by atoms with van der Waals surface area (Å²) in [5.41, 5.74) is 2.84. The van der Waals surface area contributed by atoms with Crippen LogP contribution in [0, 0.1) is 6.92 Å². The predicted octanol–water partition coefficient (Wildman–Crippen LogP) is 3.53. The van der Waals surface area contributed by atoms with Gasteiger partial charge < -0.3 is 0 Å². The highest BCUT2D eigenvalue weighted by atomic mass is 19.4. The molecule has 0 unspecified atom stereocenters. The lowest BCUT2D eigenvalue weighted by atomic mass is 10.1. The first-order chi connectivity index (χ1) is 9.85. The molecule has 6 heteroatoms. The number of piperidine rings is 1.